The number of carbonyl (C=O) groups is 2. The van der Waals surface area contributed by atoms with Gasteiger partial charge in [-0.15, -0.1) is 0 Å². The van der Waals surface area contributed by atoms with Crippen LogP contribution in [0.5, 0.6) is 0 Å². The Morgan fingerprint density at radius 2 is 0.709 bits per heavy atom. The molecule has 86 heavy (non-hydrogen) atoms. The summed E-state index contributed by atoms with van der Waals surface area (Å²) in [6, 6.07) is 0. The van der Waals surface area contributed by atoms with Crippen molar-refractivity contribution in [2.24, 2.45) is 27.6 Å². The molecule has 0 aromatic heterocycles. The van der Waals surface area contributed by atoms with Crippen LogP contribution in [0, 0.1) is 27.6 Å². The highest BCUT2D eigenvalue weighted by molar-refractivity contribution is 6.01. The summed E-state index contributed by atoms with van der Waals surface area (Å²) < 4.78 is 0. The summed E-state index contributed by atoms with van der Waals surface area (Å²) in [4.78, 5) is 24.5. The smallest absolute Gasteiger partial charge is 0.187 e. The lowest BCUT2D eigenvalue weighted by Crippen LogP contribution is -2.35. The van der Waals surface area contributed by atoms with Gasteiger partial charge in [-0.25, -0.2) is 0 Å². The molecular weight excluding hydrogens is 1060 g/mol. The minimum atomic E-state index is -0.907. The monoisotopic (exact) mass is 1160 g/mol. The number of aliphatic hydroxyl groups is 4. The van der Waals surface area contributed by atoms with Gasteiger partial charge in [0.1, 0.15) is 12.2 Å². The average Bonchev–Trinajstić information content (AvgIpc) is 1.13. The van der Waals surface area contributed by atoms with Crippen LogP contribution in [0.15, 0.2) is 260 Å². The molecule has 4 N–H and O–H groups in total. The van der Waals surface area contributed by atoms with Gasteiger partial charge in [-0.2, -0.15) is 0 Å². The molecule has 0 aromatic rings. The van der Waals surface area contributed by atoms with E-state index in [0.717, 1.165) is 52.7 Å². The summed E-state index contributed by atoms with van der Waals surface area (Å²) in [6.45, 7) is 41.6. The molecule has 5 atom stereocenters. The first kappa shape index (κ1) is 73.7. The van der Waals surface area contributed by atoms with Gasteiger partial charge in [-0.05, 0) is 165 Å². The van der Waals surface area contributed by atoms with E-state index in [1.165, 1.54) is 39.0 Å². The summed E-state index contributed by atoms with van der Waals surface area (Å²) >= 11 is 0. The number of hydrogen-bond donors (Lipinski definition) is 4. The first-order valence-electron chi connectivity index (χ1n) is 30.8. The molecule has 4 rings (SSSR count). The van der Waals surface area contributed by atoms with E-state index >= 15 is 0 Å². The lowest BCUT2D eigenvalue weighted by Gasteiger charge is -2.38. The van der Waals surface area contributed by atoms with Crippen LogP contribution in [0.3, 0.4) is 0 Å². The third kappa shape index (κ3) is 24.7. The topological polar surface area (TPSA) is 115 Å². The van der Waals surface area contributed by atoms with Crippen LogP contribution in [-0.2, 0) is 9.59 Å². The van der Waals surface area contributed by atoms with Gasteiger partial charge in [0.2, 0.25) is 0 Å². The van der Waals surface area contributed by atoms with Crippen molar-refractivity contribution in [1.29, 1.82) is 0 Å². The Bertz CT molecular complexity index is 3040. The number of Topliss-reactive ketones (excluding diaryl/α,β-unsaturated/α-hetero) is 2. The zero-order valence-corrected chi connectivity index (χ0v) is 56.3. The van der Waals surface area contributed by atoms with E-state index in [1.807, 2.05) is 80.7 Å². The summed E-state index contributed by atoms with van der Waals surface area (Å²) in [7, 11) is 0. The minimum absolute atomic E-state index is 0.00528. The zero-order valence-electron chi connectivity index (χ0n) is 56.3. The molecule has 0 amide bonds. The molecule has 0 saturated heterocycles. The maximum atomic E-state index is 12.2. The van der Waals surface area contributed by atoms with Crippen molar-refractivity contribution in [3.05, 3.63) is 260 Å². The van der Waals surface area contributed by atoms with Crippen LogP contribution < -0.4 is 0 Å². The van der Waals surface area contributed by atoms with Crippen molar-refractivity contribution in [2.75, 3.05) is 0 Å². The Hall–Kier alpha value is -6.54. The highest BCUT2D eigenvalue weighted by atomic mass is 16.3. The number of aliphatic hydroxyl groups excluding tert-OH is 4. The molecule has 0 saturated carbocycles. The zero-order chi connectivity index (χ0) is 64.7. The number of hydrogen-bond acceptors (Lipinski definition) is 6. The van der Waals surface area contributed by atoms with E-state index in [-0.39, 0.29) is 45.4 Å². The molecule has 2 unspecified atom stereocenters. The highest BCUT2D eigenvalue weighted by Crippen LogP contribution is 2.44. The molecule has 464 valence electrons. The number of allylic oxidation sites excluding steroid dienone is 40. The summed E-state index contributed by atoms with van der Waals surface area (Å²) in [5.41, 5.74) is 15.9. The van der Waals surface area contributed by atoms with Crippen LogP contribution in [0.4, 0.5) is 0 Å². The molecule has 0 fully saturated rings. The van der Waals surface area contributed by atoms with E-state index < -0.39 is 12.2 Å². The van der Waals surface area contributed by atoms with E-state index in [2.05, 4.69) is 220 Å². The number of ketones is 2. The van der Waals surface area contributed by atoms with Gasteiger partial charge in [0, 0.05) is 5.92 Å². The van der Waals surface area contributed by atoms with E-state index in [4.69, 9.17) is 0 Å². The predicted molar refractivity (Wildman–Crippen MR) is 369 cm³/mol. The van der Waals surface area contributed by atoms with Gasteiger partial charge in [0.25, 0.3) is 0 Å². The fourth-order valence-electron chi connectivity index (χ4n) is 11.8. The van der Waals surface area contributed by atoms with Gasteiger partial charge in [-0.1, -0.05) is 287 Å². The lowest BCUT2D eigenvalue weighted by atomic mass is 9.67. The van der Waals surface area contributed by atoms with Crippen LogP contribution in [0.1, 0.15) is 171 Å². The first-order valence-corrected chi connectivity index (χ1v) is 30.8. The maximum Gasteiger partial charge on any atom is 0.187 e. The maximum absolute atomic E-state index is 12.2. The SMILES string of the molecule is CC1=C(/C=C/C(C)=C/C=C/C(C)=C/C=C/C=C(C)/C=C/C=C(C)/C=C/C2=C(C)C(=O)C(O)CC2(C)C)C(C)(C)CC(O)C1=O.CC1=C[C@H](O)CC(C)(C)[C@H]1/C=C/C(C)=C/C=C/C(C)=C/C=C/C=C(C)/C=C/C=C(C)/C=C/C1=C(C)C[C@@H](O)CC1(C)C. The number of carbonyl (C=O) groups excluding carboxylic acids is 2. The molecule has 0 spiro atoms. The third-order valence-corrected chi connectivity index (χ3v) is 16.6. The van der Waals surface area contributed by atoms with Gasteiger partial charge < -0.3 is 20.4 Å². The third-order valence-electron chi connectivity index (χ3n) is 16.6. The average molecular weight is 1170 g/mol. The Balaban J connectivity index is 0.000000451. The second-order valence-electron chi connectivity index (χ2n) is 27.2. The second kappa shape index (κ2) is 34.1. The molecule has 4 aliphatic rings. The molecule has 0 bridgehead atoms. The lowest BCUT2D eigenvalue weighted by molar-refractivity contribution is -0.126. The molecular formula is C80H108O6. The first-order chi connectivity index (χ1) is 40.1. The summed E-state index contributed by atoms with van der Waals surface area (Å²) in [5.74, 6) is -0.00159. The summed E-state index contributed by atoms with van der Waals surface area (Å²) in [6.07, 6.45) is 61.3. The molecule has 0 aromatic carbocycles. The normalized spacial score (nSPS) is 25.5. The van der Waals surface area contributed by atoms with Crippen molar-refractivity contribution < 1.29 is 30.0 Å². The van der Waals surface area contributed by atoms with Crippen LogP contribution in [-0.4, -0.2) is 56.4 Å². The molecule has 6 nitrogen and oxygen atoms in total. The number of rotatable bonds is 20. The fraction of sp³-hybridized carbons (Fsp3) is 0.425. The standard InChI is InChI=1S/C40H52O4.C40H56O2/c1-27(17-13-19-29(3)21-23-33-31(5)37(43)35(41)25-39(33,7)8)15-11-12-16-28(2)18-14-20-30(4)22-24-34-32(6)38(44)36(42)26-40(34,9)10;1-29(17-13-19-31(3)21-23-37-33(5)25-35(41)27-39(37,7)8)15-11-12-16-30(2)18-14-20-32(4)22-24-38-34(6)26-36(42)28-40(38,9)10/h11-24,35-36,41-42H,25-26H2,1-10H3;11-25,35-37,41-42H,26-28H2,1-10H3/b12-11+,17-13+,18-14+,23-21+,24-22+,27-15+,28-16+,29-19+,30-20+;12-11+,17-13+,18-14+,23-21+,24-22+,29-15+,30-16+,31-19+,32-20+/t;35-,36+,37-/m.0/s1. The van der Waals surface area contributed by atoms with Gasteiger partial charge in [-0.3, -0.25) is 9.59 Å². The molecule has 0 heterocycles. The molecule has 4 aliphatic carbocycles. The summed E-state index contributed by atoms with van der Waals surface area (Å²) in [5, 5.41) is 40.2. The van der Waals surface area contributed by atoms with Gasteiger partial charge >= 0.3 is 0 Å². The van der Waals surface area contributed by atoms with E-state index in [0.29, 0.717) is 29.9 Å². The molecule has 6 heteroatoms. The predicted octanol–water partition coefficient (Wildman–Crippen LogP) is 19.3. The van der Waals surface area contributed by atoms with Crippen molar-refractivity contribution >= 4 is 11.6 Å². The quantitative estimate of drug-likeness (QED) is 0.0713. The highest BCUT2D eigenvalue weighted by Gasteiger charge is 2.38. The Kier molecular flexibility index (Phi) is 29.2. The molecule has 0 aliphatic heterocycles. The van der Waals surface area contributed by atoms with Crippen molar-refractivity contribution in [1.82, 2.24) is 0 Å². The van der Waals surface area contributed by atoms with Gasteiger partial charge in [0.15, 0.2) is 11.6 Å². The van der Waals surface area contributed by atoms with Crippen molar-refractivity contribution in [3.8, 4) is 0 Å². The van der Waals surface area contributed by atoms with E-state index in [1.54, 1.807) is 13.8 Å². The molecule has 0 radical (unpaired) electrons. The Labute approximate surface area is 521 Å². The van der Waals surface area contributed by atoms with Gasteiger partial charge in [0.05, 0.1) is 12.2 Å². The van der Waals surface area contributed by atoms with Crippen LogP contribution >= 0.6 is 0 Å². The van der Waals surface area contributed by atoms with Crippen molar-refractivity contribution in [3.63, 3.8) is 0 Å². The Morgan fingerprint density at radius 3 is 1.05 bits per heavy atom. The van der Waals surface area contributed by atoms with Crippen LogP contribution in [0.2, 0.25) is 0 Å². The fourth-order valence-corrected chi connectivity index (χ4v) is 11.8. The minimum Gasteiger partial charge on any atom is -0.393 e. The van der Waals surface area contributed by atoms with E-state index in [9.17, 15) is 30.0 Å². The Morgan fingerprint density at radius 1 is 0.407 bits per heavy atom. The van der Waals surface area contributed by atoms with Crippen molar-refractivity contribution in [2.45, 2.75) is 195 Å². The van der Waals surface area contributed by atoms with Crippen LogP contribution in [0.25, 0.3) is 0 Å². The largest absolute Gasteiger partial charge is 0.393 e. The second-order valence-corrected chi connectivity index (χ2v) is 27.2.